The Morgan fingerprint density at radius 3 is 2.23 bits per heavy atom. The SMILES string of the molecule is CCCNC(=O)[C@@H](Cc1ccccc1)N(Cc1ccc(Br)cc1)C(=O)CCCN(c1cccc(C(F)(F)F)c1)S(C)(=O)=O. The summed E-state index contributed by atoms with van der Waals surface area (Å²) in [6, 6.07) is 19.9. The lowest BCUT2D eigenvalue weighted by molar-refractivity contribution is -0.141. The van der Waals surface area contributed by atoms with Crippen LogP contribution < -0.4 is 9.62 Å². The fourth-order valence-electron chi connectivity index (χ4n) is 4.55. The average Bonchev–Trinajstić information content (AvgIpc) is 2.96. The second-order valence-electron chi connectivity index (χ2n) is 10.1. The number of hydrogen-bond acceptors (Lipinski definition) is 4. The molecule has 0 spiro atoms. The summed E-state index contributed by atoms with van der Waals surface area (Å²) in [5, 5.41) is 2.90. The first-order valence-electron chi connectivity index (χ1n) is 13.8. The Balaban J connectivity index is 1.88. The maximum absolute atomic E-state index is 13.8. The predicted octanol–water partition coefficient (Wildman–Crippen LogP) is 6.18. The molecule has 0 saturated carbocycles. The Morgan fingerprint density at radius 2 is 1.63 bits per heavy atom. The van der Waals surface area contributed by atoms with Crippen LogP contribution in [0.25, 0.3) is 0 Å². The highest BCUT2D eigenvalue weighted by molar-refractivity contribution is 9.10. The molecule has 3 aromatic rings. The number of nitrogens with zero attached hydrogens (tertiary/aromatic N) is 2. The summed E-state index contributed by atoms with van der Waals surface area (Å²) < 4.78 is 66.7. The van der Waals surface area contributed by atoms with Crippen LogP contribution in [0, 0.1) is 0 Å². The van der Waals surface area contributed by atoms with E-state index in [0.29, 0.717) is 13.0 Å². The lowest BCUT2D eigenvalue weighted by atomic mass is 10.0. The summed E-state index contributed by atoms with van der Waals surface area (Å²) in [6.07, 6.45) is -2.88. The number of hydrogen-bond donors (Lipinski definition) is 1. The molecule has 12 heteroatoms. The Bertz CT molecular complexity index is 1470. The van der Waals surface area contributed by atoms with E-state index in [1.165, 1.54) is 11.0 Å². The maximum Gasteiger partial charge on any atom is 0.416 e. The van der Waals surface area contributed by atoms with Crippen molar-refractivity contribution in [2.24, 2.45) is 0 Å². The van der Waals surface area contributed by atoms with Crippen molar-refractivity contribution in [3.05, 3.63) is 100 Å². The lowest BCUT2D eigenvalue weighted by Gasteiger charge is -2.32. The quantitative estimate of drug-likeness (QED) is 0.220. The summed E-state index contributed by atoms with van der Waals surface area (Å²) in [6.45, 7) is 2.27. The van der Waals surface area contributed by atoms with Gasteiger partial charge in [0.25, 0.3) is 0 Å². The Hall–Kier alpha value is -3.38. The van der Waals surface area contributed by atoms with Crippen molar-refractivity contribution in [3.63, 3.8) is 0 Å². The number of amides is 2. The molecule has 1 N–H and O–H groups in total. The first-order valence-corrected chi connectivity index (χ1v) is 16.4. The average molecular weight is 683 g/mol. The van der Waals surface area contributed by atoms with Gasteiger partial charge in [-0.15, -0.1) is 0 Å². The lowest BCUT2D eigenvalue weighted by Crippen LogP contribution is -2.50. The van der Waals surface area contributed by atoms with Gasteiger partial charge in [-0.05, 0) is 54.3 Å². The first-order chi connectivity index (χ1) is 20.3. The Morgan fingerprint density at radius 1 is 0.953 bits per heavy atom. The van der Waals surface area contributed by atoms with Gasteiger partial charge in [-0.3, -0.25) is 13.9 Å². The third-order valence-electron chi connectivity index (χ3n) is 6.70. The number of sulfonamides is 1. The zero-order valence-corrected chi connectivity index (χ0v) is 26.4. The van der Waals surface area contributed by atoms with Gasteiger partial charge in [0, 0.05) is 36.9 Å². The Labute approximate surface area is 259 Å². The molecule has 0 fully saturated rings. The van der Waals surface area contributed by atoms with Crippen LogP contribution in [0.4, 0.5) is 18.9 Å². The van der Waals surface area contributed by atoms with E-state index < -0.39 is 27.8 Å². The third kappa shape index (κ3) is 10.4. The normalized spacial score (nSPS) is 12.4. The van der Waals surface area contributed by atoms with E-state index in [9.17, 15) is 31.2 Å². The summed E-state index contributed by atoms with van der Waals surface area (Å²) >= 11 is 3.40. The van der Waals surface area contributed by atoms with E-state index in [4.69, 9.17) is 0 Å². The number of carbonyl (C=O) groups excluding carboxylic acids is 2. The van der Waals surface area contributed by atoms with Crippen molar-refractivity contribution in [1.29, 1.82) is 0 Å². The van der Waals surface area contributed by atoms with Gasteiger partial charge >= 0.3 is 6.18 Å². The summed E-state index contributed by atoms with van der Waals surface area (Å²) in [5.74, 6) is -0.689. The predicted molar refractivity (Wildman–Crippen MR) is 165 cm³/mol. The summed E-state index contributed by atoms with van der Waals surface area (Å²) in [4.78, 5) is 28.7. The number of rotatable bonds is 14. The van der Waals surface area contributed by atoms with Gasteiger partial charge in [0.2, 0.25) is 21.8 Å². The van der Waals surface area contributed by atoms with Crippen LogP contribution in [0.15, 0.2) is 83.3 Å². The highest BCUT2D eigenvalue weighted by Gasteiger charge is 2.32. The van der Waals surface area contributed by atoms with E-state index >= 15 is 0 Å². The van der Waals surface area contributed by atoms with Crippen molar-refractivity contribution in [2.75, 3.05) is 23.7 Å². The molecular formula is C31H35BrF3N3O4S. The molecule has 7 nitrogen and oxygen atoms in total. The molecule has 1 atom stereocenters. The molecule has 43 heavy (non-hydrogen) atoms. The van der Waals surface area contributed by atoms with Gasteiger partial charge in [-0.25, -0.2) is 8.42 Å². The van der Waals surface area contributed by atoms with Crippen LogP contribution in [0.3, 0.4) is 0 Å². The number of benzene rings is 3. The molecule has 0 saturated heterocycles. The monoisotopic (exact) mass is 681 g/mol. The van der Waals surface area contributed by atoms with Crippen LogP contribution in [0.1, 0.15) is 42.9 Å². The number of carbonyl (C=O) groups is 2. The molecule has 3 aromatic carbocycles. The number of nitrogens with one attached hydrogen (secondary N) is 1. The molecule has 0 aromatic heterocycles. The van der Waals surface area contributed by atoms with Crippen LogP contribution in [0.2, 0.25) is 0 Å². The second-order valence-corrected chi connectivity index (χ2v) is 13.0. The highest BCUT2D eigenvalue weighted by atomic mass is 79.9. The van der Waals surface area contributed by atoms with Gasteiger partial charge in [0.05, 0.1) is 17.5 Å². The van der Waals surface area contributed by atoms with Gasteiger partial charge in [0.1, 0.15) is 6.04 Å². The maximum atomic E-state index is 13.8. The number of halogens is 4. The molecule has 232 valence electrons. The van der Waals surface area contributed by atoms with Crippen molar-refractivity contribution in [3.8, 4) is 0 Å². The van der Waals surface area contributed by atoms with Crippen molar-refractivity contribution < 1.29 is 31.2 Å². The van der Waals surface area contributed by atoms with Crippen LogP contribution in [-0.4, -0.2) is 50.5 Å². The van der Waals surface area contributed by atoms with Crippen LogP contribution >= 0.6 is 15.9 Å². The molecular weight excluding hydrogens is 647 g/mol. The van der Waals surface area contributed by atoms with Crippen molar-refractivity contribution >= 4 is 43.5 Å². The van der Waals surface area contributed by atoms with E-state index in [2.05, 4.69) is 21.2 Å². The summed E-state index contributed by atoms with van der Waals surface area (Å²) in [7, 11) is -3.96. The van der Waals surface area contributed by atoms with Gasteiger partial charge in [0.15, 0.2) is 0 Å². The molecule has 0 unspecified atom stereocenters. The van der Waals surface area contributed by atoms with Crippen LogP contribution in [0.5, 0.6) is 0 Å². The van der Waals surface area contributed by atoms with Crippen molar-refractivity contribution in [2.45, 2.75) is 51.4 Å². The molecule has 0 aliphatic carbocycles. The topological polar surface area (TPSA) is 86.8 Å². The fourth-order valence-corrected chi connectivity index (χ4v) is 5.77. The van der Waals surface area contributed by atoms with Gasteiger partial charge in [-0.1, -0.05) is 71.4 Å². The zero-order valence-electron chi connectivity index (χ0n) is 24.0. The standard InChI is InChI=1S/C31H35BrF3N3O4S/c1-3-18-36-30(40)28(20-23-9-5-4-6-10-23)37(22-24-14-16-26(32)17-15-24)29(39)13-8-19-38(43(2,41)42)27-12-7-11-25(21-27)31(33,34)35/h4-7,9-12,14-17,21,28H,3,8,13,18-20,22H2,1-2H3,(H,36,40)/t28-/m1/s1. The minimum Gasteiger partial charge on any atom is -0.354 e. The molecule has 0 radical (unpaired) electrons. The molecule has 0 aliphatic rings. The molecule has 0 bridgehead atoms. The summed E-state index contributed by atoms with van der Waals surface area (Å²) in [5.41, 5.74) is 0.537. The highest BCUT2D eigenvalue weighted by Crippen LogP contribution is 2.32. The van der Waals surface area contributed by atoms with E-state index in [0.717, 1.165) is 44.4 Å². The third-order valence-corrected chi connectivity index (χ3v) is 8.42. The number of alkyl halides is 3. The van der Waals surface area contributed by atoms with E-state index in [-0.39, 0.29) is 49.9 Å². The minimum atomic E-state index is -4.64. The molecule has 0 aliphatic heterocycles. The smallest absolute Gasteiger partial charge is 0.354 e. The fraction of sp³-hybridized carbons (Fsp3) is 0.355. The zero-order chi connectivity index (χ0) is 31.6. The van der Waals surface area contributed by atoms with Crippen LogP contribution in [-0.2, 0) is 38.8 Å². The molecule has 2 amide bonds. The number of anilines is 1. The van der Waals surface area contributed by atoms with E-state index in [1.54, 1.807) is 0 Å². The van der Waals surface area contributed by atoms with Crippen molar-refractivity contribution in [1.82, 2.24) is 10.2 Å². The minimum absolute atomic E-state index is 0.0215. The second kappa shape index (κ2) is 15.4. The largest absolute Gasteiger partial charge is 0.416 e. The van der Waals surface area contributed by atoms with Gasteiger partial charge in [-0.2, -0.15) is 13.2 Å². The van der Waals surface area contributed by atoms with E-state index in [1.807, 2.05) is 61.5 Å². The Kier molecular flexibility index (Phi) is 12.2. The molecule has 3 rings (SSSR count). The van der Waals surface area contributed by atoms with Gasteiger partial charge < -0.3 is 10.2 Å². The first kappa shape index (κ1) is 34.1. The molecule has 0 heterocycles.